The zero-order valence-corrected chi connectivity index (χ0v) is 10.7. The molecule has 1 rings (SSSR count). The Morgan fingerprint density at radius 2 is 2.11 bits per heavy atom. The van der Waals surface area contributed by atoms with Crippen LogP contribution in [-0.2, 0) is 0 Å². The molecule has 0 saturated heterocycles. The normalized spacial score (nSPS) is 11.9. The first kappa shape index (κ1) is 14.5. The Bertz CT molecular complexity index is 465. The minimum atomic E-state index is -1.05. The summed E-state index contributed by atoms with van der Waals surface area (Å²) in [5.74, 6) is -2.51. The number of benzene rings is 1. The van der Waals surface area contributed by atoms with Crippen LogP contribution in [0.5, 0.6) is 0 Å². The Hall–Kier alpha value is -1.56. The van der Waals surface area contributed by atoms with Crippen molar-refractivity contribution in [1.82, 2.24) is 5.32 Å². The van der Waals surface area contributed by atoms with E-state index in [9.17, 15) is 13.6 Å². The van der Waals surface area contributed by atoms with E-state index in [1.54, 1.807) is 0 Å². The molecule has 0 spiro atoms. The van der Waals surface area contributed by atoms with Crippen LogP contribution < -0.4 is 11.1 Å². The van der Waals surface area contributed by atoms with Gasteiger partial charge in [-0.05, 0) is 24.6 Å². The Labute approximate surface area is 109 Å². The van der Waals surface area contributed by atoms with Gasteiger partial charge in [-0.15, -0.1) is 0 Å². The lowest BCUT2D eigenvalue weighted by Crippen LogP contribution is -2.37. The van der Waals surface area contributed by atoms with E-state index in [1.165, 1.54) is 6.07 Å². The van der Waals surface area contributed by atoms with Gasteiger partial charge in [-0.25, -0.2) is 8.78 Å². The first-order chi connectivity index (χ1) is 8.43. The summed E-state index contributed by atoms with van der Waals surface area (Å²) in [4.78, 5) is 12.1. The molecular weight excluding hydrogens is 258 g/mol. The molecule has 1 amide bonds. The third-order valence-electron chi connectivity index (χ3n) is 2.46. The highest BCUT2D eigenvalue weighted by molar-refractivity contribution is 7.80. The summed E-state index contributed by atoms with van der Waals surface area (Å²) in [5, 5.41) is 2.67. The number of hydrogen-bond acceptors (Lipinski definition) is 2. The van der Waals surface area contributed by atoms with Gasteiger partial charge in [-0.3, -0.25) is 4.79 Å². The highest BCUT2D eigenvalue weighted by Crippen LogP contribution is 2.09. The summed E-state index contributed by atoms with van der Waals surface area (Å²) in [7, 11) is 0. The molecule has 1 atom stereocenters. The summed E-state index contributed by atoms with van der Waals surface area (Å²) in [6.45, 7) is 1.87. The number of amides is 1. The Morgan fingerprint density at radius 1 is 1.44 bits per heavy atom. The maximum absolute atomic E-state index is 13.0. The second kappa shape index (κ2) is 6.39. The minimum Gasteiger partial charge on any atom is -0.393 e. The highest BCUT2D eigenvalue weighted by Gasteiger charge is 2.14. The van der Waals surface area contributed by atoms with Crippen molar-refractivity contribution < 1.29 is 13.6 Å². The van der Waals surface area contributed by atoms with Crippen LogP contribution in [-0.4, -0.2) is 16.9 Å². The molecule has 0 bridgehead atoms. The quantitative estimate of drug-likeness (QED) is 0.808. The molecule has 3 N–H and O–H groups in total. The number of carbonyl (C=O) groups excluding carboxylic acids is 1. The molecule has 18 heavy (non-hydrogen) atoms. The van der Waals surface area contributed by atoms with Gasteiger partial charge in [0.2, 0.25) is 0 Å². The maximum atomic E-state index is 13.0. The van der Waals surface area contributed by atoms with Crippen LogP contribution in [0.1, 0.15) is 30.1 Å². The van der Waals surface area contributed by atoms with Crippen LogP contribution in [0, 0.1) is 11.6 Å². The molecule has 0 aliphatic rings. The summed E-state index contributed by atoms with van der Waals surface area (Å²) < 4.78 is 25.7. The molecule has 0 aliphatic heterocycles. The van der Waals surface area contributed by atoms with Gasteiger partial charge in [0, 0.05) is 18.0 Å². The van der Waals surface area contributed by atoms with Gasteiger partial charge in [-0.2, -0.15) is 0 Å². The van der Waals surface area contributed by atoms with Crippen LogP contribution in [0.25, 0.3) is 0 Å². The average Bonchev–Trinajstić information content (AvgIpc) is 2.31. The Morgan fingerprint density at radius 3 is 2.61 bits per heavy atom. The van der Waals surface area contributed by atoms with Crippen molar-refractivity contribution in [2.75, 3.05) is 0 Å². The fourth-order valence-electron chi connectivity index (χ4n) is 1.45. The molecule has 0 heterocycles. The fraction of sp³-hybridized carbons (Fsp3) is 0.333. The molecular formula is C12H14F2N2OS. The summed E-state index contributed by atoms with van der Waals surface area (Å²) in [6.07, 6.45) is 1.02. The third-order valence-corrected chi connectivity index (χ3v) is 2.62. The molecule has 0 saturated carbocycles. The zero-order chi connectivity index (χ0) is 13.7. The largest absolute Gasteiger partial charge is 0.393 e. The Kier molecular flexibility index (Phi) is 5.15. The number of nitrogens with two attached hydrogens (primary N) is 1. The van der Waals surface area contributed by atoms with Crippen LogP contribution in [0.2, 0.25) is 0 Å². The second-order valence-corrected chi connectivity index (χ2v) is 4.40. The first-order valence-corrected chi connectivity index (χ1v) is 5.89. The molecule has 1 aromatic carbocycles. The first-order valence-electron chi connectivity index (χ1n) is 5.48. The standard InChI is InChI=1S/C12H14F2N2OS/c1-2-8(6-11(15)18)16-12(17)7-3-4-9(13)10(14)5-7/h3-5,8H,2,6H2,1H3,(H2,15,18)(H,16,17). The predicted octanol–water partition coefficient (Wildman–Crippen LogP) is 2.15. The van der Waals surface area contributed by atoms with Gasteiger partial charge in [0.15, 0.2) is 11.6 Å². The van der Waals surface area contributed by atoms with E-state index in [-0.39, 0.29) is 11.6 Å². The number of thiocarbonyl (C=S) groups is 1. The molecule has 6 heteroatoms. The van der Waals surface area contributed by atoms with E-state index in [0.717, 1.165) is 12.1 Å². The van der Waals surface area contributed by atoms with Crippen molar-refractivity contribution in [3.63, 3.8) is 0 Å². The number of nitrogens with one attached hydrogen (secondary N) is 1. The summed E-state index contributed by atoms with van der Waals surface area (Å²) in [6, 6.07) is 2.79. The van der Waals surface area contributed by atoms with E-state index in [1.807, 2.05) is 6.92 Å². The van der Waals surface area contributed by atoms with Crippen molar-refractivity contribution in [2.24, 2.45) is 5.73 Å². The lowest BCUT2D eigenvalue weighted by atomic mass is 10.1. The van der Waals surface area contributed by atoms with Crippen molar-refractivity contribution in [1.29, 1.82) is 0 Å². The SMILES string of the molecule is CCC(CC(N)=S)NC(=O)c1ccc(F)c(F)c1. The molecule has 0 aromatic heterocycles. The number of hydrogen-bond donors (Lipinski definition) is 2. The monoisotopic (exact) mass is 272 g/mol. The van der Waals surface area contributed by atoms with Crippen LogP contribution >= 0.6 is 12.2 Å². The smallest absolute Gasteiger partial charge is 0.251 e. The number of carbonyl (C=O) groups is 1. The van der Waals surface area contributed by atoms with E-state index in [4.69, 9.17) is 18.0 Å². The number of halogens is 2. The molecule has 0 fully saturated rings. The van der Waals surface area contributed by atoms with Gasteiger partial charge >= 0.3 is 0 Å². The van der Waals surface area contributed by atoms with Gasteiger partial charge in [0.25, 0.3) is 5.91 Å². The second-order valence-electron chi connectivity index (χ2n) is 3.88. The predicted molar refractivity (Wildman–Crippen MR) is 69.3 cm³/mol. The molecule has 3 nitrogen and oxygen atoms in total. The topological polar surface area (TPSA) is 55.1 Å². The van der Waals surface area contributed by atoms with E-state index < -0.39 is 17.5 Å². The third kappa shape index (κ3) is 4.03. The van der Waals surface area contributed by atoms with Crippen molar-refractivity contribution in [2.45, 2.75) is 25.8 Å². The van der Waals surface area contributed by atoms with Crippen molar-refractivity contribution in [3.05, 3.63) is 35.4 Å². The van der Waals surface area contributed by atoms with E-state index in [2.05, 4.69) is 5.32 Å². The lowest BCUT2D eigenvalue weighted by Gasteiger charge is -2.16. The minimum absolute atomic E-state index is 0.0651. The molecule has 1 unspecified atom stereocenters. The number of rotatable bonds is 5. The summed E-state index contributed by atoms with van der Waals surface area (Å²) >= 11 is 4.76. The van der Waals surface area contributed by atoms with Crippen LogP contribution in [0.3, 0.4) is 0 Å². The van der Waals surface area contributed by atoms with Crippen LogP contribution in [0.4, 0.5) is 8.78 Å². The van der Waals surface area contributed by atoms with E-state index >= 15 is 0 Å². The van der Waals surface area contributed by atoms with Gasteiger partial charge < -0.3 is 11.1 Å². The van der Waals surface area contributed by atoms with Gasteiger partial charge in [-0.1, -0.05) is 19.1 Å². The molecule has 0 radical (unpaired) electrons. The zero-order valence-electron chi connectivity index (χ0n) is 9.87. The maximum Gasteiger partial charge on any atom is 0.251 e. The van der Waals surface area contributed by atoms with Crippen LogP contribution in [0.15, 0.2) is 18.2 Å². The molecule has 98 valence electrons. The van der Waals surface area contributed by atoms with Gasteiger partial charge in [0.05, 0.1) is 4.99 Å². The van der Waals surface area contributed by atoms with Gasteiger partial charge in [0.1, 0.15) is 0 Å². The van der Waals surface area contributed by atoms with Crippen molar-refractivity contribution in [3.8, 4) is 0 Å². The summed E-state index contributed by atoms with van der Waals surface area (Å²) in [5.41, 5.74) is 5.46. The average molecular weight is 272 g/mol. The fourth-order valence-corrected chi connectivity index (χ4v) is 1.65. The lowest BCUT2D eigenvalue weighted by molar-refractivity contribution is 0.0936. The molecule has 0 aliphatic carbocycles. The molecule has 1 aromatic rings. The van der Waals surface area contributed by atoms with Crippen molar-refractivity contribution >= 4 is 23.1 Å². The van der Waals surface area contributed by atoms with E-state index in [0.29, 0.717) is 17.8 Å². The highest BCUT2D eigenvalue weighted by atomic mass is 32.1. The Balaban J connectivity index is 2.74.